The molecular weight excluding hydrogens is 372 g/mol. The van der Waals surface area contributed by atoms with Crippen LogP contribution in [0.5, 0.6) is 0 Å². The molecule has 0 saturated carbocycles. The third-order valence-electron chi connectivity index (χ3n) is 5.65. The van der Waals surface area contributed by atoms with E-state index < -0.39 is 0 Å². The Kier molecular flexibility index (Phi) is 6.10. The van der Waals surface area contributed by atoms with Gasteiger partial charge in [0, 0.05) is 55.2 Å². The monoisotopic (exact) mass is 400 g/mol. The molecule has 0 radical (unpaired) electrons. The molecule has 1 aromatic heterocycles. The lowest BCUT2D eigenvalue weighted by Gasteiger charge is -2.38. The van der Waals surface area contributed by atoms with Crippen LogP contribution in [-0.2, 0) is 0 Å². The average Bonchev–Trinajstić information content (AvgIpc) is 2.80. The van der Waals surface area contributed by atoms with Crippen molar-refractivity contribution in [2.45, 2.75) is 19.9 Å². The van der Waals surface area contributed by atoms with Crippen LogP contribution in [0.25, 0.3) is 11.1 Å². The number of nitrogens with zero attached hydrogens (tertiary/aromatic N) is 3. The molecule has 0 aliphatic carbocycles. The topological polar surface area (TPSA) is 48.5 Å². The molecule has 1 saturated heterocycles. The number of piperazine rings is 1. The highest BCUT2D eigenvalue weighted by Crippen LogP contribution is 2.21. The van der Waals surface area contributed by atoms with E-state index in [1.54, 1.807) is 6.20 Å². The lowest BCUT2D eigenvalue weighted by Crippen LogP contribution is -2.48. The van der Waals surface area contributed by atoms with Gasteiger partial charge in [-0.15, -0.1) is 0 Å². The van der Waals surface area contributed by atoms with Crippen molar-refractivity contribution in [1.82, 2.24) is 9.88 Å². The maximum absolute atomic E-state index is 12.6. The predicted octanol–water partition coefficient (Wildman–Crippen LogP) is 4.53. The molecule has 3 aromatic rings. The molecule has 1 N–H and O–H groups in total. The number of hydrogen-bond donors (Lipinski definition) is 1. The van der Waals surface area contributed by atoms with Crippen molar-refractivity contribution in [2.24, 2.45) is 0 Å². The Balaban J connectivity index is 1.36. The van der Waals surface area contributed by atoms with Gasteiger partial charge in [-0.3, -0.25) is 9.69 Å². The summed E-state index contributed by atoms with van der Waals surface area (Å²) in [6.07, 6.45) is 1.78. The summed E-state index contributed by atoms with van der Waals surface area (Å²) in [5, 5.41) is 2.88. The summed E-state index contributed by atoms with van der Waals surface area (Å²) in [4.78, 5) is 21.9. The van der Waals surface area contributed by atoms with Crippen LogP contribution in [-0.4, -0.2) is 48.0 Å². The summed E-state index contributed by atoms with van der Waals surface area (Å²) in [6, 6.07) is 22.3. The van der Waals surface area contributed by atoms with Gasteiger partial charge in [0.25, 0.3) is 5.91 Å². The van der Waals surface area contributed by atoms with Crippen LogP contribution in [0.2, 0.25) is 0 Å². The molecule has 5 heteroatoms. The highest BCUT2D eigenvalue weighted by atomic mass is 16.1. The quantitative estimate of drug-likeness (QED) is 0.684. The molecule has 2 heterocycles. The highest BCUT2D eigenvalue weighted by Gasteiger charge is 2.19. The number of carbonyl (C=O) groups is 1. The number of pyridine rings is 1. The number of benzene rings is 2. The molecule has 154 valence electrons. The van der Waals surface area contributed by atoms with Gasteiger partial charge in [-0.2, -0.15) is 0 Å². The Morgan fingerprint density at radius 1 is 0.867 bits per heavy atom. The van der Waals surface area contributed by atoms with E-state index in [4.69, 9.17) is 0 Å². The summed E-state index contributed by atoms with van der Waals surface area (Å²) in [5.41, 5.74) is 3.93. The third kappa shape index (κ3) is 4.69. The van der Waals surface area contributed by atoms with E-state index in [0.29, 0.717) is 17.4 Å². The second kappa shape index (κ2) is 9.09. The minimum atomic E-state index is -0.147. The first-order valence-corrected chi connectivity index (χ1v) is 10.5. The van der Waals surface area contributed by atoms with E-state index >= 15 is 0 Å². The van der Waals surface area contributed by atoms with Crippen LogP contribution in [0.15, 0.2) is 72.9 Å². The van der Waals surface area contributed by atoms with E-state index in [0.717, 1.165) is 37.3 Å². The minimum absolute atomic E-state index is 0.147. The molecular formula is C25H28N4O. The maximum atomic E-state index is 12.6. The third-order valence-corrected chi connectivity index (χ3v) is 5.65. The standard InChI is InChI=1S/C25H28N4O/c1-19(2)28-14-16-29(17-15-28)23-11-8-21(9-12-23)25(30)27-24-13-10-22(18-26-24)20-6-4-3-5-7-20/h3-13,18-19H,14-17H2,1-2H3,(H,26,27,30). The molecule has 1 aliphatic rings. The van der Waals surface area contributed by atoms with Crippen molar-refractivity contribution in [3.05, 3.63) is 78.5 Å². The Morgan fingerprint density at radius 3 is 2.17 bits per heavy atom. The molecule has 1 aliphatic heterocycles. The van der Waals surface area contributed by atoms with Crippen molar-refractivity contribution in [3.63, 3.8) is 0 Å². The Hall–Kier alpha value is -3.18. The predicted molar refractivity (Wildman–Crippen MR) is 123 cm³/mol. The van der Waals surface area contributed by atoms with Crippen LogP contribution in [0.3, 0.4) is 0 Å². The number of nitrogens with one attached hydrogen (secondary N) is 1. The lowest BCUT2D eigenvalue weighted by molar-refractivity contribution is 0.102. The summed E-state index contributed by atoms with van der Waals surface area (Å²) >= 11 is 0. The number of carbonyl (C=O) groups excluding carboxylic acids is 1. The second-order valence-electron chi connectivity index (χ2n) is 7.92. The number of anilines is 2. The number of hydrogen-bond acceptors (Lipinski definition) is 4. The van der Waals surface area contributed by atoms with E-state index in [9.17, 15) is 4.79 Å². The van der Waals surface area contributed by atoms with E-state index in [1.165, 1.54) is 5.69 Å². The molecule has 0 bridgehead atoms. The maximum Gasteiger partial charge on any atom is 0.256 e. The van der Waals surface area contributed by atoms with E-state index in [-0.39, 0.29) is 5.91 Å². The fourth-order valence-corrected chi connectivity index (χ4v) is 3.78. The second-order valence-corrected chi connectivity index (χ2v) is 7.92. The fourth-order valence-electron chi connectivity index (χ4n) is 3.78. The fraction of sp³-hybridized carbons (Fsp3) is 0.280. The first kappa shape index (κ1) is 20.1. The van der Waals surface area contributed by atoms with Gasteiger partial charge in [0.15, 0.2) is 0 Å². The zero-order valence-corrected chi connectivity index (χ0v) is 17.6. The largest absolute Gasteiger partial charge is 0.369 e. The number of amides is 1. The van der Waals surface area contributed by atoms with Gasteiger partial charge in [-0.1, -0.05) is 30.3 Å². The first-order valence-electron chi connectivity index (χ1n) is 10.5. The van der Waals surface area contributed by atoms with Crippen LogP contribution >= 0.6 is 0 Å². The highest BCUT2D eigenvalue weighted by molar-refractivity contribution is 6.04. The molecule has 5 nitrogen and oxygen atoms in total. The molecule has 1 fully saturated rings. The van der Waals surface area contributed by atoms with Gasteiger partial charge in [-0.25, -0.2) is 4.98 Å². The average molecular weight is 401 g/mol. The van der Waals surface area contributed by atoms with E-state index in [2.05, 4.69) is 33.9 Å². The van der Waals surface area contributed by atoms with Gasteiger partial charge in [0.2, 0.25) is 0 Å². The van der Waals surface area contributed by atoms with Gasteiger partial charge in [0.1, 0.15) is 5.82 Å². The molecule has 2 aromatic carbocycles. The Labute approximate surface area is 178 Å². The summed E-state index contributed by atoms with van der Waals surface area (Å²) < 4.78 is 0. The number of aromatic nitrogens is 1. The van der Waals surface area contributed by atoms with Crippen molar-refractivity contribution >= 4 is 17.4 Å². The Morgan fingerprint density at radius 2 is 1.57 bits per heavy atom. The van der Waals surface area contributed by atoms with Crippen molar-refractivity contribution in [1.29, 1.82) is 0 Å². The minimum Gasteiger partial charge on any atom is -0.369 e. The smallest absolute Gasteiger partial charge is 0.256 e. The molecule has 1 amide bonds. The van der Waals surface area contributed by atoms with Crippen LogP contribution in [0.1, 0.15) is 24.2 Å². The molecule has 0 spiro atoms. The zero-order chi connectivity index (χ0) is 20.9. The summed E-state index contributed by atoms with van der Waals surface area (Å²) in [5.74, 6) is 0.403. The summed E-state index contributed by atoms with van der Waals surface area (Å²) in [6.45, 7) is 8.66. The molecule has 30 heavy (non-hydrogen) atoms. The van der Waals surface area contributed by atoms with Gasteiger partial charge in [-0.05, 0) is 55.8 Å². The van der Waals surface area contributed by atoms with Crippen LogP contribution in [0.4, 0.5) is 11.5 Å². The Bertz CT molecular complexity index is 960. The van der Waals surface area contributed by atoms with Gasteiger partial charge < -0.3 is 10.2 Å². The van der Waals surface area contributed by atoms with Crippen LogP contribution in [0, 0.1) is 0 Å². The first-order chi connectivity index (χ1) is 14.6. The molecule has 0 atom stereocenters. The van der Waals surface area contributed by atoms with Crippen molar-refractivity contribution < 1.29 is 4.79 Å². The number of rotatable bonds is 5. The lowest BCUT2D eigenvalue weighted by atomic mass is 10.1. The van der Waals surface area contributed by atoms with Crippen molar-refractivity contribution in [2.75, 3.05) is 36.4 Å². The normalized spacial score (nSPS) is 14.7. The van der Waals surface area contributed by atoms with Gasteiger partial charge in [0.05, 0.1) is 0 Å². The van der Waals surface area contributed by atoms with Crippen molar-refractivity contribution in [3.8, 4) is 11.1 Å². The SMILES string of the molecule is CC(C)N1CCN(c2ccc(C(=O)Nc3ccc(-c4ccccc4)cn3)cc2)CC1. The van der Waals surface area contributed by atoms with Gasteiger partial charge >= 0.3 is 0 Å². The molecule has 0 unspecified atom stereocenters. The summed E-state index contributed by atoms with van der Waals surface area (Å²) in [7, 11) is 0. The molecule has 4 rings (SSSR count). The zero-order valence-electron chi connectivity index (χ0n) is 17.6. The van der Waals surface area contributed by atoms with E-state index in [1.807, 2.05) is 66.7 Å². The van der Waals surface area contributed by atoms with Crippen LogP contribution < -0.4 is 10.2 Å².